The van der Waals surface area contributed by atoms with Gasteiger partial charge in [-0.1, -0.05) is 188 Å². The summed E-state index contributed by atoms with van der Waals surface area (Å²) in [7, 11) is 0. The van der Waals surface area contributed by atoms with Crippen LogP contribution in [0, 0.1) is 0 Å². The summed E-state index contributed by atoms with van der Waals surface area (Å²) < 4.78 is 0. The van der Waals surface area contributed by atoms with Crippen molar-refractivity contribution >= 4 is 0 Å². The number of hydrogen-bond acceptors (Lipinski definition) is 6. The van der Waals surface area contributed by atoms with E-state index in [0.29, 0.717) is 34.9 Å². The molecule has 0 amide bonds. The van der Waals surface area contributed by atoms with Crippen molar-refractivity contribution in [3.63, 3.8) is 0 Å². The molecule has 2 heterocycles. The molecule has 6 nitrogen and oxygen atoms in total. The van der Waals surface area contributed by atoms with Crippen molar-refractivity contribution in [2.45, 2.75) is 0 Å². The zero-order valence-corrected chi connectivity index (χ0v) is 29.2. The fraction of sp³-hybridized carbons (Fsp3) is 0. The Bertz CT molecular complexity index is 2570. The van der Waals surface area contributed by atoms with Crippen LogP contribution in [0.2, 0.25) is 0 Å². The van der Waals surface area contributed by atoms with Gasteiger partial charge in [0.2, 0.25) is 0 Å². The van der Waals surface area contributed by atoms with Gasteiger partial charge in [0, 0.05) is 33.4 Å². The van der Waals surface area contributed by atoms with Crippen LogP contribution < -0.4 is 0 Å². The normalized spacial score (nSPS) is 11.0. The lowest BCUT2D eigenvalue weighted by Gasteiger charge is -2.16. The molecule has 7 aromatic carbocycles. The van der Waals surface area contributed by atoms with Crippen molar-refractivity contribution in [1.29, 1.82) is 0 Å². The van der Waals surface area contributed by atoms with Gasteiger partial charge in [-0.3, -0.25) is 0 Å². The lowest BCUT2D eigenvalue weighted by molar-refractivity contribution is 1.07. The van der Waals surface area contributed by atoms with Crippen molar-refractivity contribution in [3.05, 3.63) is 194 Å². The van der Waals surface area contributed by atoms with Gasteiger partial charge in [0.25, 0.3) is 0 Å². The second kappa shape index (κ2) is 14.7. The zero-order valence-electron chi connectivity index (χ0n) is 29.2. The Hall–Kier alpha value is -7.44. The van der Waals surface area contributed by atoms with Crippen LogP contribution >= 0.6 is 0 Å². The molecule has 0 fully saturated rings. The first-order valence-electron chi connectivity index (χ1n) is 17.8. The Balaban J connectivity index is 1.23. The Morgan fingerprint density at radius 1 is 0.185 bits per heavy atom. The molecule has 0 aliphatic heterocycles. The third-order valence-corrected chi connectivity index (χ3v) is 9.22. The van der Waals surface area contributed by atoms with Crippen molar-refractivity contribution in [2.75, 3.05) is 0 Å². The molecule has 6 heteroatoms. The summed E-state index contributed by atoms with van der Waals surface area (Å²) in [5.74, 6) is 3.66. The molecule has 0 aliphatic rings. The standard InChI is InChI=1S/C48H32N6/c1-6-18-33(19-7-1)42-32-38(47-51-43(34-20-8-2-9-21-34)49-44(52-47)35-22-10-3-11-23-35)30-31-40(42)39-28-16-17-29-41(39)48-53-45(36-24-12-4-13-25-36)50-46(54-48)37-26-14-5-15-27-37/h1-32H. The van der Waals surface area contributed by atoms with Crippen molar-refractivity contribution in [2.24, 2.45) is 0 Å². The quantitative estimate of drug-likeness (QED) is 0.158. The Morgan fingerprint density at radius 2 is 0.481 bits per heavy atom. The van der Waals surface area contributed by atoms with Gasteiger partial charge in [-0.25, -0.2) is 29.9 Å². The van der Waals surface area contributed by atoms with Gasteiger partial charge >= 0.3 is 0 Å². The minimum Gasteiger partial charge on any atom is -0.208 e. The number of aromatic nitrogens is 6. The van der Waals surface area contributed by atoms with Gasteiger partial charge in [0.05, 0.1) is 0 Å². The highest BCUT2D eigenvalue weighted by atomic mass is 15.0. The van der Waals surface area contributed by atoms with Gasteiger partial charge in [0.1, 0.15) is 0 Å². The molecule has 2 aromatic heterocycles. The smallest absolute Gasteiger partial charge is 0.164 e. The molecule has 0 radical (unpaired) electrons. The van der Waals surface area contributed by atoms with E-state index in [1.807, 2.05) is 133 Å². The zero-order chi connectivity index (χ0) is 36.1. The lowest BCUT2D eigenvalue weighted by Crippen LogP contribution is -2.02. The highest BCUT2D eigenvalue weighted by Crippen LogP contribution is 2.40. The monoisotopic (exact) mass is 692 g/mol. The second-order valence-corrected chi connectivity index (χ2v) is 12.7. The van der Waals surface area contributed by atoms with Gasteiger partial charge in [0.15, 0.2) is 34.9 Å². The van der Waals surface area contributed by atoms with Crippen LogP contribution in [0.25, 0.3) is 90.6 Å². The maximum Gasteiger partial charge on any atom is 0.164 e. The molecule has 0 saturated carbocycles. The maximum absolute atomic E-state index is 5.08. The molecule has 9 aromatic rings. The SMILES string of the molecule is c1ccc(-c2nc(-c3ccccc3)nc(-c3ccc(-c4ccccc4-c4nc(-c5ccccc5)nc(-c5ccccc5)n4)c(-c4ccccc4)c3)n2)cc1. The van der Waals surface area contributed by atoms with E-state index in [9.17, 15) is 0 Å². The Morgan fingerprint density at radius 3 is 0.889 bits per heavy atom. The van der Waals surface area contributed by atoms with E-state index in [0.717, 1.165) is 55.6 Å². The van der Waals surface area contributed by atoms with E-state index in [-0.39, 0.29) is 0 Å². The Kier molecular flexibility index (Phi) is 8.81. The minimum atomic E-state index is 0.595. The predicted molar refractivity (Wildman–Crippen MR) is 217 cm³/mol. The molecule has 0 saturated heterocycles. The third kappa shape index (κ3) is 6.67. The molecule has 0 aliphatic carbocycles. The van der Waals surface area contributed by atoms with Gasteiger partial charge in [-0.05, 0) is 28.3 Å². The Labute approximate surface area is 313 Å². The summed E-state index contributed by atoms with van der Waals surface area (Å²) >= 11 is 0. The van der Waals surface area contributed by atoms with Gasteiger partial charge < -0.3 is 0 Å². The molecule has 54 heavy (non-hydrogen) atoms. The molecule has 0 unspecified atom stereocenters. The van der Waals surface area contributed by atoms with E-state index >= 15 is 0 Å². The van der Waals surface area contributed by atoms with E-state index < -0.39 is 0 Å². The van der Waals surface area contributed by atoms with Crippen LogP contribution in [0.5, 0.6) is 0 Å². The fourth-order valence-corrected chi connectivity index (χ4v) is 6.55. The first-order valence-corrected chi connectivity index (χ1v) is 17.8. The summed E-state index contributed by atoms with van der Waals surface area (Å²) in [6.07, 6.45) is 0. The molecule has 254 valence electrons. The summed E-state index contributed by atoms with van der Waals surface area (Å²) in [6.45, 7) is 0. The molecule has 0 spiro atoms. The fourth-order valence-electron chi connectivity index (χ4n) is 6.55. The molecule has 0 atom stereocenters. The van der Waals surface area contributed by atoms with Crippen LogP contribution in [0.1, 0.15) is 0 Å². The summed E-state index contributed by atoms with van der Waals surface area (Å²) in [5.41, 5.74) is 9.60. The van der Waals surface area contributed by atoms with E-state index in [2.05, 4.69) is 60.7 Å². The van der Waals surface area contributed by atoms with E-state index in [4.69, 9.17) is 29.9 Å². The number of hydrogen-bond donors (Lipinski definition) is 0. The molecular formula is C48H32N6. The maximum atomic E-state index is 5.08. The average Bonchev–Trinajstić information content (AvgIpc) is 3.27. The number of nitrogens with zero attached hydrogens (tertiary/aromatic N) is 6. The van der Waals surface area contributed by atoms with E-state index in [1.54, 1.807) is 0 Å². The number of rotatable bonds is 8. The van der Waals surface area contributed by atoms with Gasteiger partial charge in [-0.15, -0.1) is 0 Å². The first kappa shape index (κ1) is 32.5. The summed E-state index contributed by atoms with van der Waals surface area (Å²) in [6, 6.07) is 65.3. The third-order valence-electron chi connectivity index (χ3n) is 9.22. The minimum absolute atomic E-state index is 0.595. The average molecular weight is 693 g/mol. The summed E-state index contributed by atoms with van der Waals surface area (Å²) in [5, 5.41) is 0. The van der Waals surface area contributed by atoms with Crippen LogP contribution in [-0.2, 0) is 0 Å². The predicted octanol–water partition coefficient (Wildman–Crippen LogP) is 11.4. The van der Waals surface area contributed by atoms with Gasteiger partial charge in [-0.2, -0.15) is 0 Å². The second-order valence-electron chi connectivity index (χ2n) is 12.7. The van der Waals surface area contributed by atoms with Crippen molar-refractivity contribution in [3.8, 4) is 90.6 Å². The van der Waals surface area contributed by atoms with E-state index in [1.165, 1.54) is 0 Å². The van der Waals surface area contributed by atoms with Crippen LogP contribution in [0.4, 0.5) is 0 Å². The highest BCUT2D eigenvalue weighted by molar-refractivity contribution is 5.92. The highest BCUT2D eigenvalue weighted by Gasteiger charge is 2.19. The molecule has 9 rings (SSSR count). The number of benzene rings is 7. The molecular weight excluding hydrogens is 661 g/mol. The van der Waals surface area contributed by atoms with Crippen LogP contribution in [-0.4, -0.2) is 29.9 Å². The van der Waals surface area contributed by atoms with Crippen molar-refractivity contribution in [1.82, 2.24) is 29.9 Å². The topological polar surface area (TPSA) is 77.3 Å². The molecule has 0 N–H and O–H groups in total. The van der Waals surface area contributed by atoms with Crippen LogP contribution in [0.3, 0.4) is 0 Å². The lowest BCUT2D eigenvalue weighted by atomic mass is 9.90. The first-order chi connectivity index (χ1) is 26.8. The largest absolute Gasteiger partial charge is 0.208 e. The summed E-state index contributed by atoms with van der Waals surface area (Å²) in [4.78, 5) is 30.1. The molecule has 0 bridgehead atoms. The van der Waals surface area contributed by atoms with Crippen molar-refractivity contribution < 1.29 is 0 Å². The van der Waals surface area contributed by atoms with Crippen LogP contribution in [0.15, 0.2) is 194 Å².